The molecule has 5 nitrogen and oxygen atoms in total. The Kier molecular flexibility index (Phi) is 4.47. The number of likely N-dealkylation sites (N-methyl/N-ethyl adjacent to an activating group) is 1. The Morgan fingerprint density at radius 2 is 2.26 bits per heavy atom. The topological polar surface area (TPSA) is 50.5 Å². The molecule has 2 heterocycles. The first-order chi connectivity index (χ1) is 8.94. The molecule has 1 N–H and O–H groups in total. The summed E-state index contributed by atoms with van der Waals surface area (Å²) in [7, 11) is 1.99. The van der Waals surface area contributed by atoms with Crippen LogP contribution in [0.15, 0.2) is 10.7 Å². The second-order valence-electron chi connectivity index (χ2n) is 6.24. The van der Waals surface area contributed by atoms with Crippen LogP contribution in [-0.4, -0.2) is 36.8 Å². The van der Waals surface area contributed by atoms with Gasteiger partial charge >= 0.3 is 0 Å². The molecule has 2 rings (SSSR count). The third-order valence-electron chi connectivity index (χ3n) is 3.17. The lowest BCUT2D eigenvalue weighted by molar-refractivity contribution is 0.115. The number of oxazole rings is 1. The molecule has 19 heavy (non-hydrogen) atoms. The number of anilines is 1. The van der Waals surface area contributed by atoms with E-state index in [2.05, 4.69) is 31.1 Å². The molecule has 0 aliphatic carbocycles. The second kappa shape index (κ2) is 5.92. The minimum absolute atomic E-state index is 0.0860. The predicted molar refractivity (Wildman–Crippen MR) is 75.3 cm³/mol. The van der Waals surface area contributed by atoms with E-state index in [1.54, 1.807) is 6.26 Å². The highest BCUT2D eigenvalue weighted by Crippen LogP contribution is 2.17. The number of hydrogen-bond donors (Lipinski definition) is 1. The van der Waals surface area contributed by atoms with Crippen molar-refractivity contribution in [2.75, 3.05) is 25.1 Å². The van der Waals surface area contributed by atoms with Crippen molar-refractivity contribution in [2.45, 2.75) is 51.8 Å². The summed E-state index contributed by atoms with van der Waals surface area (Å²) in [5.41, 5.74) is 1.02. The van der Waals surface area contributed by atoms with Crippen LogP contribution in [0.4, 0.5) is 6.01 Å². The van der Waals surface area contributed by atoms with Crippen LogP contribution in [-0.2, 0) is 11.3 Å². The fraction of sp³-hybridized carbons (Fsp3) is 0.786. The molecule has 0 saturated carbocycles. The largest absolute Gasteiger partial charge is 0.432 e. The minimum atomic E-state index is 0.0860. The van der Waals surface area contributed by atoms with Crippen LogP contribution in [0.2, 0.25) is 0 Å². The van der Waals surface area contributed by atoms with Crippen molar-refractivity contribution in [3.05, 3.63) is 12.0 Å². The van der Waals surface area contributed by atoms with E-state index in [0.717, 1.165) is 38.2 Å². The first kappa shape index (κ1) is 14.3. The zero-order valence-electron chi connectivity index (χ0n) is 12.4. The Bertz CT molecular complexity index is 392. The molecule has 0 bridgehead atoms. The number of hydrogen-bond acceptors (Lipinski definition) is 5. The van der Waals surface area contributed by atoms with Gasteiger partial charge in [0.05, 0.1) is 11.8 Å². The van der Waals surface area contributed by atoms with E-state index in [1.165, 1.54) is 0 Å². The molecule has 1 aromatic heterocycles. The van der Waals surface area contributed by atoms with E-state index >= 15 is 0 Å². The minimum Gasteiger partial charge on any atom is -0.432 e. The lowest BCUT2D eigenvalue weighted by atomic mass is 10.1. The van der Waals surface area contributed by atoms with Gasteiger partial charge in [-0.15, -0.1) is 0 Å². The smallest absolute Gasteiger partial charge is 0.297 e. The fourth-order valence-corrected chi connectivity index (χ4v) is 2.08. The highest BCUT2D eigenvalue weighted by atomic mass is 16.5. The Hall–Kier alpha value is -1.07. The highest BCUT2D eigenvalue weighted by Gasteiger charge is 2.20. The van der Waals surface area contributed by atoms with Crippen molar-refractivity contribution in [3.63, 3.8) is 0 Å². The predicted octanol–water partition coefficient (Wildman–Crippen LogP) is 2.18. The Balaban J connectivity index is 1.85. The summed E-state index contributed by atoms with van der Waals surface area (Å²) < 4.78 is 11.1. The van der Waals surface area contributed by atoms with Crippen molar-refractivity contribution >= 4 is 6.01 Å². The van der Waals surface area contributed by atoms with Gasteiger partial charge in [0.2, 0.25) is 0 Å². The van der Waals surface area contributed by atoms with Gasteiger partial charge in [0, 0.05) is 32.3 Å². The van der Waals surface area contributed by atoms with Crippen LogP contribution in [0.5, 0.6) is 0 Å². The summed E-state index contributed by atoms with van der Waals surface area (Å²) in [6.07, 6.45) is 4.32. The van der Waals surface area contributed by atoms with E-state index in [-0.39, 0.29) is 5.54 Å². The molecule has 1 atom stereocenters. The maximum Gasteiger partial charge on any atom is 0.297 e. The standard InChI is InChI=1S/C14H25N3O2/c1-14(2,3)15-8-11-10-19-13(16-11)17(4)9-12-6-5-7-18-12/h10,12,15H,5-9H2,1-4H3. The van der Waals surface area contributed by atoms with Crippen LogP contribution in [0.1, 0.15) is 39.3 Å². The third kappa shape index (κ3) is 4.51. The zero-order valence-corrected chi connectivity index (χ0v) is 12.4. The summed E-state index contributed by atoms with van der Waals surface area (Å²) in [5, 5.41) is 3.40. The monoisotopic (exact) mass is 267 g/mol. The van der Waals surface area contributed by atoms with Crippen LogP contribution < -0.4 is 10.2 Å². The molecule has 1 aromatic rings. The summed E-state index contributed by atoms with van der Waals surface area (Å²) >= 11 is 0. The summed E-state index contributed by atoms with van der Waals surface area (Å²) in [5.74, 6) is 0. The molecule has 5 heteroatoms. The lowest BCUT2D eigenvalue weighted by Crippen LogP contribution is -2.35. The molecule has 0 spiro atoms. The van der Waals surface area contributed by atoms with Gasteiger partial charge < -0.3 is 19.4 Å². The number of aromatic nitrogens is 1. The molecule has 108 valence electrons. The Morgan fingerprint density at radius 1 is 1.47 bits per heavy atom. The van der Waals surface area contributed by atoms with Crippen molar-refractivity contribution in [3.8, 4) is 0 Å². The molecule has 0 aromatic carbocycles. The van der Waals surface area contributed by atoms with Crippen LogP contribution in [0.3, 0.4) is 0 Å². The quantitative estimate of drug-likeness (QED) is 0.886. The second-order valence-corrected chi connectivity index (χ2v) is 6.24. The lowest BCUT2D eigenvalue weighted by Gasteiger charge is -2.19. The normalized spacial score (nSPS) is 19.9. The maximum absolute atomic E-state index is 5.62. The summed E-state index contributed by atoms with van der Waals surface area (Å²) in [4.78, 5) is 6.52. The fourth-order valence-electron chi connectivity index (χ4n) is 2.08. The van der Waals surface area contributed by atoms with Gasteiger partial charge in [0.25, 0.3) is 6.01 Å². The van der Waals surface area contributed by atoms with Gasteiger partial charge in [-0.25, -0.2) is 0 Å². The number of nitrogens with one attached hydrogen (secondary N) is 1. The first-order valence-electron chi connectivity index (χ1n) is 6.96. The number of rotatable bonds is 5. The summed E-state index contributed by atoms with van der Waals surface area (Å²) in [6, 6.07) is 0.668. The highest BCUT2D eigenvalue weighted by molar-refractivity contribution is 5.25. The SMILES string of the molecule is CN(CC1CCCO1)c1nc(CNC(C)(C)C)co1. The Labute approximate surface area is 115 Å². The van der Waals surface area contributed by atoms with E-state index in [9.17, 15) is 0 Å². The van der Waals surface area contributed by atoms with Crippen LogP contribution >= 0.6 is 0 Å². The van der Waals surface area contributed by atoms with Gasteiger partial charge in [-0.3, -0.25) is 0 Å². The van der Waals surface area contributed by atoms with E-state index in [1.807, 2.05) is 11.9 Å². The zero-order chi connectivity index (χ0) is 13.9. The average molecular weight is 267 g/mol. The summed E-state index contributed by atoms with van der Waals surface area (Å²) in [6.45, 7) is 8.85. The van der Waals surface area contributed by atoms with Gasteiger partial charge in [0.15, 0.2) is 0 Å². The van der Waals surface area contributed by atoms with Crippen LogP contribution in [0.25, 0.3) is 0 Å². The first-order valence-corrected chi connectivity index (χ1v) is 6.96. The van der Waals surface area contributed by atoms with E-state index in [0.29, 0.717) is 12.1 Å². The molecule has 1 saturated heterocycles. The molecule has 1 unspecified atom stereocenters. The van der Waals surface area contributed by atoms with Crippen molar-refractivity contribution in [1.82, 2.24) is 10.3 Å². The van der Waals surface area contributed by atoms with Gasteiger partial charge in [-0.2, -0.15) is 4.98 Å². The molecule has 1 fully saturated rings. The van der Waals surface area contributed by atoms with Gasteiger partial charge in [-0.05, 0) is 33.6 Å². The molecule has 1 aliphatic heterocycles. The molecule has 1 aliphatic rings. The van der Waals surface area contributed by atoms with Crippen molar-refractivity contribution in [1.29, 1.82) is 0 Å². The van der Waals surface area contributed by atoms with Crippen molar-refractivity contribution < 1.29 is 9.15 Å². The molecule has 0 radical (unpaired) electrons. The Morgan fingerprint density at radius 3 is 2.89 bits per heavy atom. The number of ether oxygens (including phenoxy) is 1. The molecular weight excluding hydrogens is 242 g/mol. The number of nitrogens with zero attached hydrogens (tertiary/aromatic N) is 2. The van der Waals surface area contributed by atoms with Gasteiger partial charge in [0.1, 0.15) is 6.26 Å². The molecule has 0 amide bonds. The van der Waals surface area contributed by atoms with E-state index < -0.39 is 0 Å². The average Bonchev–Trinajstić information content (AvgIpc) is 2.95. The van der Waals surface area contributed by atoms with Crippen LogP contribution in [0, 0.1) is 0 Å². The third-order valence-corrected chi connectivity index (χ3v) is 3.17. The maximum atomic E-state index is 5.62. The van der Waals surface area contributed by atoms with Gasteiger partial charge in [-0.1, -0.05) is 0 Å². The van der Waals surface area contributed by atoms with E-state index in [4.69, 9.17) is 9.15 Å². The molecular formula is C14H25N3O2. The van der Waals surface area contributed by atoms with Crippen molar-refractivity contribution in [2.24, 2.45) is 0 Å².